The SMILES string of the molecule is CC1=CC(C)(C)N(C(=O)NC2CCCCC2)c2c(C)cc(C)cc21. The smallest absolute Gasteiger partial charge is 0.322 e. The number of rotatable bonds is 1. The molecule has 24 heavy (non-hydrogen) atoms. The van der Waals surface area contributed by atoms with Crippen LogP contribution in [0.1, 0.15) is 69.6 Å². The van der Waals surface area contributed by atoms with Crippen molar-refractivity contribution in [1.29, 1.82) is 0 Å². The molecule has 3 nitrogen and oxygen atoms in total. The number of allylic oxidation sites excluding steroid dienone is 1. The van der Waals surface area contributed by atoms with Crippen molar-refractivity contribution >= 4 is 17.3 Å². The second-order valence-electron chi connectivity index (χ2n) is 8.08. The first-order valence-electron chi connectivity index (χ1n) is 9.21. The number of amides is 2. The number of benzene rings is 1. The quantitative estimate of drug-likeness (QED) is 0.741. The second kappa shape index (κ2) is 6.27. The zero-order valence-corrected chi connectivity index (χ0v) is 15.7. The van der Waals surface area contributed by atoms with Crippen molar-refractivity contribution in [2.75, 3.05) is 4.90 Å². The van der Waals surface area contributed by atoms with E-state index in [0.717, 1.165) is 18.5 Å². The number of fused-ring (bicyclic) bond motifs is 1. The molecule has 1 N–H and O–H groups in total. The number of hydrogen-bond donors (Lipinski definition) is 1. The van der Waals surface area contributed by atoms with E-state index in [2.05, 4.69) is 58.1 Å². The van der Waals surface area contributed by atoms with Crippen LogP contribution in [0.3, 0.4) is 0 Å². The molecular formula is C21H30N2O. The molecule has 2 aliphatic rings. The van der Waals surface area contributed by atoms with E-state index in [9.17, 15) is 4.79 Å². The molecule has 0 spiro atoms. The number of anilines is 1. The predicted molar refractivity (Wildman–Crippen MR) is 102 cm³/mol. The number of carbonyl (C=O) groups is 1. The normalized spacial score (nSPS) is 20.4. The standard InChI is InChI=1S/C21H30N2O/c1-14-11-15(2)19-18(12-14)16(3)13-21(4,5)23(19)20(24)22-17-9-7-6-8-10-17/h11-13,17H,6-10H2,1-5H3,(H,22,24). The number of nitrogens with zero attached hydrogens (tertiary/aromatic N) is 1. The van der Waals surface area contributed by atoms with Gasteiger partial charge < -0.3 is 5.32 Å². The van der Waals surface area contributed by atoms with Crippen molar-refractivity contribution in [1.82, 2.24) is 5.32 Å². The van der Waals surface area contributed by atoms with E-state index in [-0.39, 0.29) is 11.6 Å². The maximum atomic E-state index is 13.2. The fourth-order valence-corrected chi connectivity index (χ4v) is 4.37. The molecule has 0 aromatic heterocycles. The maximum absolute atomic E-state index is 13.2. The molecule has 3 rings (SSSR count). The first kappa shape index (κ1) is 17.1. The van der Waals surface area contributed by atoms with E-state index in [1.165, 1.54) is 41.5 Å². The van der Waals surface area contributed by atoms with Gasteiger partial charge in [0.2, 0.25) is 0 Å². The lowest BCUT2D eigenvalue weighted by Crippen LogP contribution is -2.55. The summed E-state index contributed by atoms with van der Waals surface area (Å²) in [6.07, 6.45) is 8.17. The molecule has 1 aliphatic heterocycles. The third kappa shape index (κ3) is 3.09. The number of hydrogen-bond acceptors (Lipinski definition) is 1. The Balaban J connectivity index is 1.98. The Bertz CT molecular complexity index is 681. The van der Waals surface area contributed by atoms with Gasteiger partial charge >= 0.3 is 6.03 Å². The van der Waals surface area contributed by atoms with Gasteiger partial charge in [0.1, 0.15) is 0 Å². The molecule has 1 fully saturated rings. The summed E-state index contributed by atoms with van der Waals surface area (Å²) < 4.78 is 0. The van der Waals surface area contributed by atoms with Crippen LogP contribution in [0, 0.1) is 13.8 Å². The van der Waals surface area contributed by atoms with Crippen molar-refractivity contribution < 1.29 is 4.79 Å². The van der Waals surface area contributed by atoms with Crippen LogP contribution in [0.2, 0.25) is 0 Å². The van der Waals surface area contributed by atoms with E-state index in [1.807, 2.05) is 4.90 Å². The molecule has 1 aromatic rings. The Morgan fingerprint density at radius 2 is 1.79 bits per heavy atom. The van der Waals surface area contributed by atoms with Gasteiger partial charge in [0.05, 0.1) is 11.2 Å². The van der Waals surface area contributed by atoms with E-state index in [1.54, 1.807) is 0 Å². The Labute approximate surface area is 146 Å². The minimum Gasteiger partial charge on any atom is -0.335 e. The van der Waals surface area contributed by atoms with E-state index in [4.69, 9.17) is 0 Å². The summed E-state index contributed by atoms with van der Waals surface area (Å²) in [5, 5.41) is 3.30. The summed E-state index contributed by atoms with van der Waals surface area (Å²) in [7, 11) is 0. The van der Waals surface area contributed by atoms with E-state index in [0.29, 0.717) is 6.04 Å². The first-order valence-corrected chi connectivity index (χ1v) is 9.21. The summed E-state index contributed by atoms with van der Waals surface area (Å²) in [6, 6.07) is 4.74. The average molecular weight is 326 g/mol. The van der Waals surface area contributed by atoms with Gasteiger partial charge in [-0.2, -0.15) is 0 Å². The Kier molecular flexibility index (Phi) is 4.46. The molecule has 1 heterocycles. The average Bonchev–Trinajstić information content (AvgIpc) is 2.48. The molecule has 1 saturated carbocycles. The van der Waals surface area contributed by atoms with Crippen LogP contribution >= 0.6 is 0 Å². The fourth-order valence-electron chi connectivity index (χ4n) is 4.37. The van der Waals surface area contributed by atoms with Crippen LogP contribution in [0.5, 0.6) is 0 Å². The van der Waals surface area contributed by atoms with Gasteiger partial charge in [-0.3, -0.25) is 4.90 Å². The van der Waals surface area contributed by atoms with E-state index < -0.39 is 0 Å². The van der Waals surface area contributed by atoms with Crippen LogP contribution in [-0.2, 0) is 0 Å². The lowest BCUT2D eigenvalue weighted by Gasteiger charge is -2.43. The van der Waals surface area contributed by atoms with Gasteiger partial charge in [0, 0.05) is 11.6 Å². The molecule has 1 aliphatic carbocycles. The van der Waals surface area contributed by atoms with Crippen molar-refractivity contribution in [3.8, 4) is 0 Å². The summed E-state index contributed by atoms with van der Waals surface area (Å²) in [5.74, 6) is 0. The number of aryl methyl sites for hydroxylation is 2. The molecular weight excluding hydrogens is 296 g/mol. The van der Waals surface area contributed by atoms with Gasteiger partial charge in [0.15, 0.2) is 0 Å². The highest BCUT2D eigenvalue weighted by Gasteiger charge is 2.37. The highest BCUT2D eigenvalue weighted by Crippen LogP contribution is 2.41. The second-order valence-corrected chi connectivity index (χ2v) is 8.08. The van der Waals surface area contributed by atoms with Crippen LogP contribution in [-0.4, -0.2) is 17.6 Å². The number of carbonyl (C=O) groups excluding carboxylic acids is 1. The van der Waals surface area contributed by atoms with E-state index >= 15 is 0 Å². The minimum atomic E-state index is -0.324. The molecule has 0 unspecified atom stereocenters. The summed E-state index contributed by atoms with van der Waals surface area (Å²) >= 11 is 0. The van der Waals surface area contributed by atoms with Gasteiger partial charge in [-0.05, 0) is 64.7 Å². The van der Waals surface area contributed by atoms with Crippen molar-refractivity contribution in [2.24, 2.45) is 0 Å². The Morgan fingerprint density at radius 3 is 2.46 bits per heavy atom. The van der Waals surface area contributed by atoms with Crippen LogP contribution in [0.15, 0.2) is 18.2 Å². The molecule has 0 bridgehead atoms. The zero-order valence-electron chi connectivity index (χ0n) is 15.7. The monoisotopic (exact) mass is 326 g/mol. The number of nitrogens with one attached hydrogen (secondary N) is 1. The molecule has 0 saturated heterocycles. The fraction of sp³-hybridized carbons (Fsp3) is 0.571. The van der Waals surface area contributed by atoms with Crippen molar-refractivity contribution in [3.05, 3.63) is 34.9 Å². The van der Waals surface area contributed by atoms with Crippen LogP contribution in [0.4, 0.5) is 10.5 Å². The molecule has 0 radical (unpaired) electrons. The lowest BCUT2D eigenvalue weighted by atomic mass is 9.86. The molecule has 2 amide bonds. The largest absolute Gasteiger partial charge is 0.335 e. The predicted octanol–water partition coefficient (Wildman–Crippen LogP) is 5.35. The highest BCUT2D eigenvalue weighted by molar-refractivity contribution is 6.00. The highest BCUT2D eigenvalue weighted by atomic mass is 16.2. The third-order valence-electron chi connectivity index (χ3n) is 5.38. The molecule has 130 valence electrons. The molecule has 0 atom stereocenters. The first-order chi connectivity index (χ1) is 11.3. The number of urea groups is 1. The topological polar surface area (TPSA) is 32.3 Å². The Morgan fingerprint density at radius 1 is 1.12 bits per heavy atom. The summed E-state index contributed by atoms with van der Waals surface area (Å²) in [6.45, 7) is 10.6. The lowest BCUT2D eigenvalue weighted by molar-refractivity contribution is 0.234. The summed E-state index contributed by atoms with van der Waals surface area (Å²) in [5.41, 5.74) is 5.60. The van der Waals surface area contributed by atoms with Crippen molar-refractivity contribution in [3.63, 3.8) is 0 Å². The van der Waals surface area contributed by atoms with Crippen LogP contribution in [0.25, 0.3) is 5.57 Å². The van der Waals surface area contributed by atoms with Gasteiger partial charge in [-0.15, -0.1) is 0 Å². The van der Waals surface area contributed by atoms with Gasteiger partial charge in [0.25, 0.3) is 0 Å². The molecule has 3 heteroatoms. The molecule has 1 aromatic carbocycles. The maximum Gasteiger partial charge on any atom is 0.322 e. The van der Waals surface area contributed by atoms with Gasteiger partial charge in [-0.1, -0.05) is 37.0 Å². The van der Waals surface area contributed by atoms with Gasteiger partial charge in [-0.25, -0.2) is 4.79 Å². The minimum absolute atomic E-state index is 0.0452. The third-order valence-corrected chi connectivity index (χ3v) is 5.38. The zero-order chi connectivity index (χ0) is 17.5. The van der Waals surface area contributed by atoms with Crippen molar-refractivity contribution in [2.45, 2.75) is 78.3 Å². The summed E-state index contributed by atoms with van der Waals surface area (Å²) in [4.78, 5) is 15.1. The Hall–Kier alpha value is -1.77. The van der Waals surface area contributed by atoms with Crippen LogP contribution < -0.4 is 10.2 Å².